The summed E-state index contributed by atoms with van der Waals surface area (Å²) in [6, 6.07) is 8.75. The molecular weight excluding hydrogens is 576 g/mol. The summed E-state index contributed by atoms with van der Waals surface area (Å²) in [4.78, 5) is 70.6. The maximum Gasteiger partial charge on any atom is 0.269 e. The predicted octanol–water partition coefficient (Wildman–Crippen LogP) is 0.936. The minimum atomic E-state index is -0.968. The van der Waals surface area contributed by atoms with Crippen molar-refractivity contribution in [2.45, 2.75) is 63.1 Å². The molecule has 6 saturated heterocycles. The van der Waals surface area contributed by atoms with Gasteiger partial charge in [0.2, 0.25) is 11.8 Å². The van der Waals surface area contributed by atoms with Crippen molar-refractivity contribution in [1.29, 1.82) is 0 Å². The van der Waals surface area contributed by atoms with Crippen molar-refractivity contribution < 1.29 is 24.0 Å². The van der Waals surface area contributed by atoms with Gasteiger partial charge in [-0.1, -0.05) is 0 Å². The average molecular weight is 613 g/mol. The van der Waals surface area contributed by atoms with E-state index in [1.54, 1.807) is 12.1 Å². The van der Waals surface area contributed by atoms with Gasteiger partial charge >= 0.3 is 0 Å². The number of hydrogen-bond donors (Lipinski definition) is 2. The van der Waals surface area contributed by atoms with Crippen LogP contribution in [0.25, 0.3) is 0 Å². The van der Waals surface area contributed by atoms with Crippen LogP contribution in [0, 0.1) is 11.3 Å². The first-order valence-electron chi connectivity index (χ1n) is 16.0. The lowest BCUT2D eigenvalue weighted by Crippen LogP contribution is -2.79. The number of piperidine rings is 5. The number of carbonyl (C=O) groups excluding carboxylic acids is 5. The zero-order valence-electron chi connectivity index (χ0n) is 25.0. The number of nitrogens with two attached hydrogens (primary N) is 1. The fraction of sp³-hybridized carbons (Fsp3) is 0.531. The van der Waals surface area contributed by atoms with Crippen molar-refractivity contribution in [2.75, 3.05) is 42.5 Å². The molecule has 5 amide bonds. The number of nitrogens with one attached hydrogen (secondary N) is 1. The van der Waals surface area contributed by atoms with Gasteiger partial charge in [0.15, 0.2) is 11.5 Å². The summed E-state index contributed by atoms with van der Waals surface area (Å²) in [6.45, 7) is 4.94. The second-order valence-electron chi connectivity index (χ2n) is 13.5. The normalized spacial score (nSPS) is 31.1. The van der Waals surface area contributed by atoms with Gasteiger partial charge in [-0.2, -0.15) is 0 Å². The summed E-state index contributed by atoms with van der Waals surface area (Å²) < 4.78 is 0. The molecule has 0 aliphatic carbocycles. The number of hydrogen-bond acceptors (Lipinski definition) is 10. The summed E-state index contributed by atoms with van der Waals surface area (Å²) in [5.41, 5.74) is 7.34. The lowest BCUT2D eigenvalue weighted by atomic mass is 9.57. The maximum atomic E-state index is 13.5. The number of rotatable bonds is 6. The molecule has 13 nitrogen and oxygen atoms in total. The van der Waals surface area contributed by atoms with Gasteiger partial charge in [0, 0.05) is 43.2 Å². The molecule has 7 aliphatic rings. The minimum Gasteiger partial charge on any atom is -0.366 e. The smallest absolute Gasteiger partial charge is 0.269 e. The van der Waals surface area contributed by atoms with E-state index in [1.807, 2.05) is 18.2 Å². The fourth-order valence-electron chi connectivity index (χ4n) is 8.85. The lowest BCUT2D eigenvalue weighted by Gasteiger charge is -2.70. The molecule has 234 valence electrons. The number of aromatic nitrogens is 2. The topological polar surface area (TPSA) is 162 Å². The Morgan fingerprint density at radius 1 is 0.933 bits per heavy atom. The molecule has 45 heavy (non-hydrogen) atoms. The highest BCUT2D eigenvalue weighted by Crippen LogP contribution is 2.56. The molecule has 1 aromatic heterocycles. The van der Waals surface area contributed by atoms with E-state index in [0.717, 1.165) is 68.4 Å². The summed E-state index contributed by atoms with van der Waals surface area (Å²) in [6.07, 6.45) is 5.80. The third-order valence-electron chi connectivity index (χ3n) is 11.2. The molecule has 1 aromatic carbocycles. The quantitative estimate of drug-likeness (QED) is 0.449. The third-order valence-corrected chi connectivity index (χ3v) is 11.2. The minimum absolute atomic E-state index is 0.0989. The van der Waals surface area contributed by atoms with Crippen LogP contribution in [-0.4, -0.2) is 100 Å². The molecule has 6 fully saturated rings. The van der Waals surface area contributed by atoms with Gasteiger partial charge < -0.3 is 15.5 Å². The number of fused-ring (bicyclic) bond motifs is 3. The Morgan fingerprint density at radius 3 is 2.38 bits per heavy atom. The molecule has 3 unspecified atom stereocenters. The van der Waals surface area contributed by atoms with Gasteiger partial charge in [0.25, 0.3) is 17.7 Å². The fourth-order valence-corrected chi connectivity index (χ4v) is 8.85. The molecule has 3 atom stereocenters. The summed E-state index contributed by atoms with van der Waals surface area (Å²) in [5, 5.41) is 10.5. The monoisotopic (exact) mass is 612 g/mol. The molecular formula is C32H36N8O5. The van der Waals surface area contributed by atoms with Gasteiger partial charge in [-0.3, -0.25) is 39.1 Å². The Balaban J connectivity index is 0.976. The van der Waals surface area contributed by atoms with Crippen LogP contribution in [0.2, 0.25) is 0 Å². The number of anilines is 2. The molecule has 13 heteroatoms. The molecule has 1 spiro atoms. The Hall–Kier alpha value is -4.39. The van der Waals surface area contributed by atoms with Crippen LogP contribution in [0.5, 0.6) is 0 Å². The van der Waals surface area contributed by atoms with Gasteiger partial charge in [-0.25, -0.2) is 0 Å². The van der Waals surface area contributed by atoms with E-state index in [2.05, 4.69) is 30.2 Å². The van der Waals surface area contributed by atoms with Crippen molar-refractivity contribution in [1.82, 2.24) is 25.3 Å². The van der Waals surface area contributed by atoms with Crippen LogP contribution in [0.3, 0.4) is 0 Å². The predicted molar refractivity (Wildman–Crippen MR) is 161 cm³/mol. The Morgan fingerprint density at radius 2 is 1.69 bits per heavy atom. The molecule has 8 heterocycles. The summed E-state index contributed by atoms with van der Waals surface area (Å²) in [7, 11) is 0. The first-order chi connectivity index (χ1) is 21.7. The second kappa shape index (κ2) is 10.3. The van der Waals surface area contributed by atoms with Crippen LogP contribution < -0.4 is 20.9 Å². The third kappa shape index (κ3) is 4.42. The van der Waals surface area contributed by atoms with Gasteiger partial charge in [0.1, 0.15) is 6.04 Å². The van der Waals surface area contributed by atoms with Crippen LogP contribution in [-0.2, 0) is 9.59 Å². The average Bonchev–Trinajstić information content (AvgIpc) is 3.28. The second-order valence-corrected chi connectivity index (χ2v) is 13.5. The van der Waals surface area contributed by atoms with E-state index in [0.29, 0.717) is 29.1 Å². The van der Waals surface area contributed by atoms with Crippen molar-refractivity contribution >= 4 is 41.0 Å². The zero-order valence-corrected chi connectivity index (χ0v) is 25.0. The van der Waals surface area contributed by atoms with Gasteiger partial charge in [0.05, 0.1) is 17.2 Å². The largest absolute Gasteiger partial charge is 0.366 e. The summed E-state index contributed by atoms with van der Waals surface area (Å²) in [5.74, 6) is -1.16. The van der Waals surface area contributed by atoms with E-state index in [4.69, 9.17) is 5.73 Å². The lowest BCUT2D eigenvalue weighted by molar-refractivity contribution is -0.136. The number of primary amides is 1. The first kappa shape index (κ1) is 28.1. The molecule has 7 aliphatic heterocycles. The van der Waals surface area contributed by atoms with Crippen molar-refractivity contribution in [2.24, 2.45) is 17.1 Å². The van der Waals surface area contributed by atoms with Gasteiger partial charge in [-0.15, -0.1) is 10.2 Å². The Labute approximate surface area is 260 Å². The highest BCUT2D eigenvalue weighted by Gasteiger charge is 2.62. The van der Waals surface area contributed by atoms with E-state index in [9.17, 15) is 24.0 Å². The van der Waals surface area contributed by atoms with Crippen LogP contribution in [0.1, 0.15) is 76.2 Å². The number of carbonyl (C=O) groups is 5. The van der Waals surface area contributed by atoms with Crippen LogP contribution >= 0.6 is 0 Å². The van der Waals surface area contributed by atoms with E-state index in [1.165, 1.54) is 12.8 Å². The Kier molecular flexibility index (Phi) is 6.45. The molecule has 0 radical (unpaired) electrons. The number of benzene rings is 1. The molecule has 2 aromatic rings. The van der Waals surface area contributed by atoms with E-state index in [-0.39, 0.29) is 29.9 Å². The first-order valence-corrected chi connectivity index (χ1v) is 16.0. The number of nitrogens with zero attached hydrogens (tertiary/aromatic N) is 6. The zero-order chi connectivity index (χ0) is 31.0. The standard InChI is InChI=1S/C32H36N8O5/c33-28(42)22-3-5-25(36-35-22)38-11-7-18(8-12-38)15-24-27-32(9-13-37(24)14-10-32)17-39(27)19-1-2-20-21(16-19)31(45)40(30(20)44)23-4-6-26(41)34-29(23)43/h1-3,5,16,18,23-24,27H,4,6-15,17H2,(H2,33,42)(H,34,41,43). The highest BCUT2D eigenvalue weighted by atomic mass is 16.2. The molecule has 9 rings (SSSR count). The highest BCUT2D eigenvalue weighted by molar-refractivity contribution is 6.23. The van der Waals surface area contributed by atoms with Crippen molar-refractivity contribution in [3.05, 3.63) is 47.2 Å². The van der Waals surface area contributed by atoms with Crippen LogP contribution in [0.4, 0.5) is 11.5 Å². The van der Waals surface area contributed by atoms with Crippen molar-refractivity contribution in [3.63, 3.8) is 0 Å². The van der Waals surface area contributed by atoms with E-state index < -0.39 is 29.7 Å². The number of amides is 5. The SMILES string of the molecule is NC(=O)c1ccc(N2CCC(CC3C4N(c5ccc6c(c5)C(=O)N(C5CCC(=O)NC5=O)C6=O)CC45CCN3CC5)CC2)nn1. The molecule has 3 N–H and O–H groups in total. The van der Waals surface area contributed by atoms with Gasteiger partial charge in [-0.05, 0) is 87.9 Å². The Bertz CT molecular complexity index is 1610. The van der Waals surface area contributed by atoms with E-state index >= 15 is 0 Å². The molecule has 2 bridgehead atoms. The van der Waals surface area contributed by atoms with Crippen molar-refractivity contribution in [3.8, 4) is 0 Å². The maximum absolute atomic E-state index is 13.5. The molecule has 0 saturated carbocycles. The number of imide groups is 2. The van der Waals surface area contributed by atoms with Crippen LogP contribution in [0.15, 0.2) is 30.3 Å². The summed E-state index contributed by atoms with van der Waals surface area (Å²) >= 11 is 0.